The highest BCUT2D eigenvalue weighted by molar-refractivity contribution is 5.82. The lowest BCUT2D eigenvalue weighted by atomic mass is 9.90. The summed E-state index contributed by atoms with van der Waals surface area (Å²) < 4.78 is 1.94. The Hall–Kier alpha value is -3.32. The molecule has 194 valence electrons. The van der Waals surface area contributed by atoms with Gasteiger partial charge in [0.1, 0.15) is 0 Å². The number of H-pyrrole nitrogens is 1. The Morgan fingerprint density at radius 3 is 2.54 bits per heavy atom. The van der Waals surface area contributed by atoms with Crippen LogP contribution in [-0.4, -0.2) is 36.1 Å². The van der Waals surface area contributed by atoms with Gasteiger partial charge in [-0.25, -0.2) is 4.68 Å². The van der Waals surface area contributed by atoms with Gasteiger partial charge in [0.15, 0.2) is 5.82 Å². The van der Waals surface area contributed by atoms with Crippen molar-refractivity contribution in [3.8, 4) is 0 Å². The first-order valence-electron chi connectivity index (χ1n) is 13.6. The second kappa shape index (κ2) is 11.0. The molecule has 0 saturated heterocycles. The molecule has 7 nitrogen and oxygen atoms in total. The van der Waals surface area contributed by atoms with Crippen LogP contribution in [0.25, 0.3) is 10.9 Å². The molecule has 0 radical (unpaired) electrons. The normalized spacial score (nSPS) is 15.6. The van der Waals surface area contributed by atoms with Crippen LogP contribution in [0.5, 0.6) is 0 Å². The van der Waals surface area contributed by atoms with Gasteiger partial charge < -0.3 is 4.98 Å². The highest BCUT2D eigenvalue weighted by Crippen LogP contribution is 2.35. The second-order valence-electron chi connectivity index (χ2n) is 11.0. The van der Waals surface area contributed by atoms with Gasteiger partial charge in [-0.1, -0.05) is 75.1 Å². The molecule has 0 aliphatic heterocycles. The number of hydrogen-bond donors (Lipinski definition) is 1. The fourth-order valence-electron chi connectivity index (χ4n) is 6.04. The monoisotopic (exact) mass is 498 g/mol. The molecule has 7 heteroatoms. The van der Waals surface area contributed by atoms with Crippen molar-refractivity contribution in [2.24, 2.45) is 5.92 Å². The first-order valence-corrected chi connectivity index (χ1v) is 13.6. The third kappa shape index (κ3) is 5.52. The van der Waals surface area contributed by atoms with Gasteiger partial charge in [0, 0.05) is 18.2 Å². The number of hydrogen-bond acceptors (Lipinski definition) is 5. The van der Waals surface area contributed by atoms with Crippen LogP contribution in [0.3, 0.4) is 0 Å². The molecule has 2 aromatic carbocycles. The van der Waals surface area contributed by atoms with Crippen LogP contribution in [0, 0.1) is 19.8 Å². The summed E-state index contributed by atoms with van der Waals surface area (Å²) in [5, 5.41) is 14.1. The van der Waals surface area contributed by atoms with Gasteiger partial charge in [0.2, 0.25) is 0 Å². The quantitative estimate of drug-likeness (QED) is 0.336. The van der Waals surface area contributed by atoms with Crippen LogP contribution in [0.1, 0.15) is 80.1 Å². The molecule has 1 N–H and O–H groups in total. The van der Waals surface area contributed by atoms with Crippen molar-refractivity contribution in [3.05, 3.63) is 87.0 Å². The highest BCUT2D eigenvalue weighted by atomic mass is 16.1. The third-order valence-electron chi connectivity index (χ3n) is 7.75. The van der Waals surface area contributed by atoms with Crippen molar-refractivity contribution in [2.45, 2.75) is 85.0 Å². The molecule has 5 rings (SSSR count). The van der Waals surface area contributed by atoms with E-state index in [4.69, 9.17) is 0 Å². The number of aromatic nitrogens is 5. The van der Waals surface area contributed by atoms with E-state index < -0.39 is 0 Å². The van der Waals surface area contributed by atoms with Crippen LogP contribution in [-0.2, 0) is 13.1 Å². The van der Waals surface area contributed by atoms with Crippen LogP contribution in [0.4, 0.5) is 0 Å². The van der Waals surface area contributed by atoms with E-state index in [1.165, 1.54) is 30.4 Å². The summed E-state index contributed by atoms with van der Waals surface area (Å²) in [7, 11) is 0. The Kier molecular flexibility index (Phi) is 7.51. The van der Waals surface area contributed by atoms with E-state index in [2.05, 4.69) is 83.4 Å². The SMILES string of the molecule is Cc1cc(C)c2[nH]c(=O)c(CN(C3CCCCC3)[C@@H](c3nnnn3Cc3ccccc3)C(C)C)cc2c1. The molecule has 0 bridgehead atoms. The number of aromatic amines is 1. The zero-order valence-corrected chi connectivity index (χ0v) is 22.4. The summed E-state index contributed by atoms with van der Waals surface area (Å²) in [4.78, 5) is 19.1. The molecule has 37 heavy (non-hydrogen) atoms. The van der Waals surface area contributed by atoms with E-state index in [-0.39, 0.29) is 17.5 Å². The summed E-state index contributed by atoms with van der Waals surface area (Å²) >= 11 is 0. The molecule has 1 fully saturated rings. The first-order chi connectivity index (χ1) is 17.9. The zero-order chi connectivity index (χ0) is 25.9. The smallest absolute Gasteiger partial charge is 0.252 e. The maximum atomic E-state index is 13.3. The number of fused-ring (bicyclic) bond motifs is 1. The van der Waals surface area contributed by atoms with Gasteiger partial charge in [-0.05, 0) is 71.7 Å². The third-order valence-corrected chi connectivity index (χ3v) is 7.75. The number of nitrogens with one attached hydrogen (secondary N) is 1. The highest BCUT2D eigenvalue weighted by Gasteiger charge is 2.35. The van der Waals surface area contributed by atoms with Crippen molar-refractivity contribution in [1.29, 1.82) is 0 Å². The predicted octanol–water partition coefficient (Wildman–Crippen LogP) is 5.71. The van der Waals surface area contributed by atoms with E-state index in [1.807, 2.05) is 22.9 Å². The van der Waals surface area contributed by atoms with Gasteiger partial charge in [0.05, 0.1) is 18.1 Å². The van der Waals surface area contributed by atoms with Crippen LogP contribution < -0.4 is 5.56 Å². The van der Waals surface area contributed by atoms with Gasteiger partial charge in [0.25, 0.3) is 5.56 Å². The number of rotatable bonds is 8. The Bertz CT molecular complexity index is 1400. The van der Waals surface area contributed by atoms with Crippen LogP contribution >= 0.6 is 0 Å². The van der Waals surface area contributed by atoms with Gasteiger partial charge in [-0.15, -0.1) is 5.10 Å². The molecule has 4 aromatic rings. The van der Waals surface area contributed by atoms with Crippen molar-refractivity contribution in [2.75, 3.05) is 0 Å². The number of benzene rings is 2. The lowest BCUT2D eigenvalue weighted by Crippen LogP contribution is -2.43. The molecule has 1 aliphatic carbocycles. The molecule has 0 amide bonds. The summed E-state index contributed by atoms with van der Waals surface area (Å²) in [6.07, 6.45) is 5.97. The molecule has 0 unspecified atom stereocenters. The minimum atomic E-state index is -0.00774. The standard InChI is InChI=1S/C30H38N6O/c1-20(2)28(29-32-33-34-36(29)18-23-11-7-5-8-12-23)35(26-13-9-6-10-14-26)19-25-17-24-16-21(3)15-22(4)27(24)31-30(25)37/h5,7-8,11-12,15-17,20,26,28H,6,9-10,13-14,18-19H2,1-4H3,(H,31,37)/t28-/m1/s1. The summed E-state index contributed by atoms with van der Waals surface area (Å²) in [6, 6.07) is 17.1. The Morgan fingerprint density at radius 2 is 1.81 bits per heavy atom. The molecule has 1 atom stereocenters. The average molecular weight is 499 g/mol. The van der Waals surface area contributed by atoms with E-state index >= 15 is 0 Å². The average Bonchev–Trinajstić information content (AvgIpc) is 3.33. The summed E-state index contributed by atoms with van der Waals surface area (Å²) in [6.45, 7) is 9.83. The number of nitrogens with zero attached hydrogens (tertiary/aromatic N) is 5. The Balaban J connectivity index is 1.55. The van der Waals surface area contributed by atoms with Crippen molar-refractivity contribution < 1.29 is 0 Å². The molecule has 2 heterocycles. The lowest BCUT2D eigenvalue weighted by Gasteiger charge is -2.41. The minimum Gasteiger partial charge on any atom is -0.321 e. The summed E-state index contributed by atoms with van der Waals surface area (Å²) in [5.41, 5.74) is 5.19. The second-order valence-corrected chi connectivity index (χ2v) is 11.0. The van der Waals surface area contributed by atoms with Crippen molar-refractivity contribution >= 4 is 10.9 Å². The maximum Gasteiger partial charge on any atom is 0.252 e. The van der Waals surface area contributed by atoms with Gasteiger partial charge in [-0.2, -0.15) is 0 Å². The zero-order valence-electron chi connectivity index (χ0n) is 22.4. The molecular formula is C30H38N6O. The predicted molar refractivity (Wildman–Crippen MR) is 147 cm³/mol. The minimum absolute atomic E-state index is 0.00356. The van der Waals surface area contributed by atoms with E-state index in [9.17, 15) is 4.79 Å². The van der Waals surface area contributed by atoms with Crippen LogP contribution in [0.15, 0.2) is 53.3 Å². The topological polar surface area (TPSA) is 79.7 Å². The summed E-state index contributed by atoms with van der Waals surface area (Å²) in [5.74, 6) is 1.14. The number of aryl methyl sites for hydroxylation is 2. The Labute approximate surface area is 218 Å². The molecule has 2 aromatic heterocycles. The largest absolute Gasteiger partial charge is 0.321 e. The first kappa shape index (κ1) is 25.3. The number of tetrazole rings is 1. The molecule has 0 spiro atoms. The van der Waals surface area contributed by atoms with Gasteiger partial charge >= 0.3 is 0 Å². The van der Waals surface area contributed by atoms with Crippen molar-refractivity contribution in [1.82, 2.24) is 30.1 Å². The fraction of sp³-hybridized carbons (Fsp3) is 0.467. The van der Waals surface area contributed by atoms with E-state index in [1.54, 1.807) is 0 Å². The number of pyridine rings is 1. The lowest BCUT2D eigenvalue weighted by molar-refractivity contribution is 0.0611. The molecule has 1 aliphatic rings. The van der Waals surface area contributed by atoms with Gasteiger partial charge in [-0.3, -0.25) is 9.69 Å². The Morgan fingerprint density at radius 1 is 1.05 bits per heavy atom. The fourth-order valence-corrected chi connectivity index (χ4v) is 6.04. The van der Waals surface area contributed by atoms with Crippen molar-refractivity contribution in [3.63, 3.8) is 0 Å². The maximum absolute atomic E-state index is 13.3. The van der Waals surface area contributed by atoms with Crippen LogP contribution in [0.2, 0.25) is 0 Å². The molecular weight excluding hydrogens is 460 g/mol. The van der Waals surface area contributed by atoms with E-state index in [0.29, 0.717) is 19.1 Å². The van der Waals surface area contributed by atoms with E-state index in [0.717, 1.165) is 40.7 Å². The molecule has 1 saturated carbocycles.